The van der Waals surface area contributed by atoms with E-state index in [4.69, 9.17) is 10.5 Å². The van der Waals surface area contributed by atoms with Crippen LogP contribution in [0.25, 0.3) is 0 Å². The van der Waals surface area contributed by atoms with E-state index in [9.17, 15) is 4.79 Å². The van der Waals surface area contributed by atoms with Crippen LogP contribution in [0.2, 0.25) is 0 Å². The van der Waals surface area contributed by atoms with Crippen LogP contribution in [0.3, 0.4) is 0 Å². The van der Waals surface area contributed by atoms with Crippen molar-refractivity contribution >= 4 is 18.4 Å². The third-order valence-corrected chi connectivity index (χ3v) is 2.19. The highest BCUT2D eigenvalue weighted by atomic mass is 35.5. The van der Waals surface area contributed by atoms with Gasteiger partial charge in [-0.2, -0.15) is 0 Å². The Bertz CT molecular complexity index is 360. The summed E-state index contributed by atoms with van der Waals surface area (Å²) in [5.41, 5.74) is 6.63. The molecule has 0 spiro atoms. The standard InChI is InChI=1S/C14H21NO2.ClH/c1-14(2,3)17-13(16)10-12(15)9-11-7-5-4-6-8-11;/h4-8,12H,9-10,15H2,1-3H3;1H/t12-;/m1./s1. The number of carbonyl (C=O) groups is 1. The molecule has 2 N–H and O–H groups in total. The van der Waals surface area contributed by atoms with Crippen molar-refractivity contribution in [1.29, 1.82) is 0 Å². The van der Waals surface area contributed by atoms with Gasteiger partial charge >= 0.3 is 5.97 Å². The molecule has 102 valence electrons. The topological polar surface area (TPSA) is 52.3 Å². The molecule has 1 atom stereocenters. The summed E-state index contributed by atoms with van der Waals surface area (Å²) >= 11 is 0. The van der Waals surface area contributed by atoms with Crippen LogP contribution in [0.4, 0.5) is 0 Å². The van der Waals surface area contributed by atoms with E-state index in [0.717, 1.165) is 5.56 Å². The molecule has 0 saturated carbocycles. The minimum Gasteiger partial charge on any atom is -0.460 e. The molecule has 0 aromatic heterocycles. The zero-order valence-electron chi connectivity index (χ0n) is 11.2. The van der Waals surface area contributed by atoms with Crippen molar-refractivity contribution in [3.8, 4) is 0 Å². The number of ether oxygens (including phenoxy) is 1. The molecule has 1 rings (SSSR count). The van der Waals surface area contributed by atoms with Gasteiger partial charge in [0, 0.05) is 6.04 Å². The fourth-order valence-electron chi connectivity index (χ4n) is 1.59. The molecule has 1 aromatic rings. The van der Waals surface area contributed by atoms with E-state index in [2.05, 4.69) is 0 Å². The van der Waals surface area contributed by atoms with E-state index >= 15 is 0 Å². The maximum atomic E-state index is 11.6. The molecule has 4 heteroatoms. The van der Waals surface area contributed by atoms with E-state index in [1.54, 1.807) is 0 Å². The Hall–Kier alpha value is -1.06. The maximum absolute atomic E-state index is 11.6. The highest BCUT2D eigenvalue weighted by Crippen LogP contribution is 2.10. The number of benzene rings is 1. The molecule has 0 fully saturated rings. The zero-order chi connectivity index (χ0) is 12.9. The predicted octanol–water partition coefficient (Wildman–Crippen LogP) is 2.71. The first kappa shape index (κ1) is 16.9. The van der Waals surface area contributed by atoms with Gasteiger partial charge < -0.3 is 10.5 Å². The molecule has 0 aliphatic carbocycles. The Balaban J connectivity index is 0.00000289. The van der Waals surface area contributed by atoms with Gasteiger partial charge in [0.25, 0.3) is 0 Å². The number of hydrogen-bond acceptors (Lipinski definition) is 3. The van der Waals surface area contributed by atoms with Gasteiger partial charge in [-0.3, -0.25) is 4.79 Å². The van der Waals surface area contributed by atoms with Crippen LogP contribution in [0.5, 0.6) is 0 Å². The average molecular weight is 272 g/mol. The Morgan fingerprint density at radius 1 is 1.28 bits per heavy atom. The van der Waals surface area contributed by atoms with Crippen molar-refractivity contribution in [3.05, 3.63) is 35.9 Å². The first-order valence-electron chi connectivity index (χ1n) is 5.88. The molecule has 0 heterocycles. The van der Waals surface area contributed by atoms with Crippen LogP contribution < -0.4 is 5.73 Å². The molecule has 0 radical (unpaired) electrons. The number of rotatable bonds is 4. The number of halogens is 1. The van der Waals surface area contributed by atoms with Crippen LogP contribution in [0.15, 0.2) is 30.3 Å². The van der Waals surface area contributed by atoms with Crippen molar-refractivity contribution in [2.75, 3.05) is 0 Å². The second-order valence-corrected chi connectivity index (χ2v) is 5.24. The van der Waals surface area contributed by atoms with E-state index in [1.165, 1.54) is 0 Å². The average Bonchev–Trinajstić information content (AvgIpc) is 2.15. The van der Waals surface area contributed by atoms with Gasteiger partial charge in [-0.25, -0.2) is 0 Å². The molecule has 1 aromatic carbocycles. The van der Waals surface area contributed by atoms with Gasteiger partial charge in [0.15, 0.2) is 0 Å². The van der Waals surface area contributed by atoms with E-state index in [1.807, 2.05) is 51.1 Å². The lowest BCUT2D eigenvalue weighted by Crippen LogP contribution is -2.31. The normalized spacial score (nSPS) is 12.4. The summed E-state index contributed by atoms with van der Waals surface area (Å²) in [5.74, 6) is -0.235. The summed E-state index contributed by atoms with van der Waals surface area (Å²) in [4.78, 5) is 11.6. The summed E-state index contributed by atoms with van der Waals surface area (Å²) in [7, 11) is 0. The number of carbonyl (C=O) groups excluding carboxylic acids is 1. The summed E-state index contributed by atoms with van der Waals surface area (Å²) in [6, 6.07) is 9.73. The van der Waals surface area contributed by atoms with Gasteiger partial charge in [0.1, 0.15) is 5.60 Å². The summed E-state index contributed by atoms with van der Waals surface area (Å²) in [6.45, 7) is 5.56. The largest absolute Gasteiger partial charge is 0.460 e. The highest BCUT2D eigenvalue weighted by molar-refractivity contribution is 5.85. The van der Waals surface area contributed by atoms with Crippen LogP contribution in [-0.2, 0) is 16.0 Å². The van der Waals surface area contributed by atoms with Crippen LogP contribution in [0, 0.1) is 0 Å². The molecular weight excluding hydrogens is 250 g/mol. The lowest BCUT2D eigenvalue weighted by atomic mass is 10.0. The van der Waals surface area contributed by atoms with Gasteiger partial charge in [-0.1, -0.05) is 30.3 Å². The van der Waals surface area contributed by atoms with Gasteiger partial charge in [-0.05, 0) is 32.8 Å². The van der Waals surface area contributed by atoms with E-state index < -0.39 is 5.60 Å². The lowest BCUT2D eigenvalue weighted by molar-refractivity contribution is -0.155. The smallest absolute Gasteiger partial charge is 0.307 e. The first-order valence-corrected chi connectivity index (χ1v) is 5.88. The summed E-state index contributed by atoms with van der Waals surface area (Å²) in [6.07, 6.45) is 0.951. The minimum absolute atomic E-state index is 0. The Morgan fingerprint density at radius 3 is 2.33 bits per heavy atom. The molecule has 0 bridgehead atoms. The van der Waals surface area contributed by atoms with E-state index in [-0.39, 0.29) is 30.8 Å². The number of nitrogens with two attached hydrogens (primary N) is 1. The Kier molecular flexibility index (Phi) is 6.96. The molecule has 3 nitrogen and oxygen atoms in total. The second-order valence-electron chi connectivity index (χ2n) is 5.24. The van der Waals surface area contributed by atoms with Crippen LogP contribution in [-0.4, -0.2) is 17.6 Å². The fourth-order valence-corrected chi connectivity index (χ4v) is 1.59. The minimum atomic E-state index is -0.441. The maximum Gasteiger partial charge on any atom is 0.307 e. The molecule has 0 aliphatic heterocycles. The van der Waals surface area contributed by atoms with Crippen molar-refractivity contribution in [2.24, 2.45) is 5.73 Å². The highest BCUT2D eigenvalue weighted by Gasteiger charge is 2.18. The molecule has 0 unspecified atom stereocenters. The molecule has 0 aliphatic rings. The molecule has 18 heavy (non-hydrogen) atoms. The van der Waals surface area contributed by atoms with Crippen molar-refractivity contribution in [1.82, 2.24) is 0 Å². The Labute approximate surface area is 115 Å². The van der Waals surface area contributed by atoms with Crippen LogP contribution >= 0.6 is 12.4 Å². The lowest BCUT2D eigenvalue weighted by Gasteiger charge is -2.20. The second kappa shape index (κ2) is 7.39. The summed E-state index contributed by atoms with van der Waals surface area (Å²) < 4.78 is 5.23. The van der Waals surface area contributed by atoms with Crippen molar-refractivity contribution < 1.29 is 9.53 Å². The van der Waals surface area contributed by atoms with Gasteiger partial charge in [0.2, 0.25) is 0 Å². The number of esters is 1. The summed E-state index contributed by atoms with van der Waals surface area (Å²) in [5, 5.41) is 0. The zero-order valence-corrected chi connectivity index (χ0v) is 12.0. The number of hydrogen-bond donors (Lipinski definition) is 1. The SMILES string of the molecule is CC(C)(C)OC(=O)C[C@H](N)Cc1ccccc1.Cl. The molecule has 0 saturated heterocycles. The third kappa shape index (κ3) is 7.30. The van der Waals surface area contributed by atoms with Crippen molar-refractivity contribution in [3.63, 3.8) is 0 Å². The van der Waals surface area contributed by atoms with Gasteiger partial charge in [-0.15, -0.1) is 12.4 Å². The Morgan fingerprint density at radius 2 is 1.83 bits per heavy atom. The quantitative estimate of drug-likeness (QED) is 0.857. The first-order chi connectivity index (χ1) is 7.87. The van der Waals surface area contributed by atoms with E-state index in [0.29, 0.717) is 6.42 Å². The third-order valence-electron chi connectivity index (χ3n) is 2.19. The molecular formula is C14H22ClNO2. The molecule has 0 amide bonds. The van der Waals surface area contributed by atoms with Crippen molar-refractivity contribution in [2.45, 2.75) is 45.3 Å². The van der Waals surface area contributed by atoms with Gasteiger partial charge in [0.05, 0.1) is 6.42 Å². The monoisotopic (exact) mass is 271 g/mol. The van der Waals surface area contributed by atoms with Crippen LogP contribution in [0.1, 0.15) is 32.8 Å². The fraction of sp³-hybridized carbons (Fsp3) is 0.500. The predicted molar refractivity (Wildman–Crippen MR) is 75.8 cm³/mol.